The van der Waals surface area contributed by atoms with E-state index in [-0.39, 0.29) is 5.91 Å². The van der Waals surface area contributed by atoms with Gasteiger partial charge in [-0.05, 0) is 19.8 Å². The normalized spacial score (nSPS) is 20.1. The van der Waals surface area contributed by atoms with Gasteiger partial charge in [-0.15, -0.1) is 0 Å². The van der Waals surface area contributed by atoms with Gasteiger partial charge in [0.05, 0.1) is 18.8 Å². The second-order valence-electron chi connectivity index (χ2n) is 4.56. The zero-order valence-corrected chi connectivity index (χ0v) is 10.2. The van der Waals surface area contributed by atoms with Crippen LogP contribution in [0.3, 0.4) is 0 Å². The van der Waals surface area contributed by atoms with Crippen LogP contribution in [0.2, 0.25) is 0 Å². The van der Waals surface area contributed by atoms with Gasteiger partial charge in [0, 0.05) is 6.54 Å². The van der Waals surface area contributed by atoms with Gasteiger partial charge < -0.3 is 15.8 Å². The number of carbonyl (C=O) groups excluding carboxylic acids is 1. The minimum Gasteiger partial charge on any atom is -0.376 e. The molecule has 4 heteroatoms. The van der Waals surface area contributed by atoms with Crippen LogP contribution in [0.4, 0.5) is 0 Å². The third-order valence-electron chi connectivity index (χ3n) is 2.97. The number of hydrogen-bond acceptors (Lipinski definition) is 3. The first-order chi connectivity index (χ1) is 7.70. The number of ether oxygens (including phenoxy) is 1. The molecular formula is C12H24N2O2. The van der Waals surface area contributed by atoms with Crippen molar-refractivity contribution in [2.45, 2.75) is 57.6 Å². The quantitative estimate of drug-likeness (QED) is 0.549. The molecule has 94 valence electrons. The summed E-state index contributed by atoms with van der Waals surface area (Å²) >= 11 is 0. The lowest BCUT2D eigenvalue weighted by Gasteiger charge is -2.15. The molecular weight excluding hydrogens is 204 g/mol. The van der Waals surface area contributed by atoms with Gasteiger partial charge in [-0.2, -0.15) is 0 Å². The fraction of sp³-hybridized carbons (Fsp3) is 0.917. The van der Waals surface area contributed by atoms with Crippen molar-refractivity contribution in [3.05, 3.63) is 0 Å². The zero-order valence-electron chi connectivity index (χ0n) is 10.2. The highest BCUT2D eigenvalue weighted by molar-refractivity contribution is 5.80. The molecule has 4 nitrogen and oxygen atoms in total. The van der Waals surface area contributed by atoms with Gasteiger partial charge in [0.15, 0.2) is 0 Å². The second-order valence-corrected chi connectivity index (χ2v) is 4.56. The van der Waals surface area contributed by atoms with Crippen molar-refractivity contribution in [3.63, 3.8) is 0 Å². The van der Waals surface area contributed by atoms with E-state index >= 15 is 0 Å². The number of nitrogens with one attached hydrogen (secondary N) is 1. The van der Waals surface area contributed by atoms with Crippen molar-refractivity contribution in [3.8, 4) is 0 Å². The molecule has 0 saturated heterocycles. The first kappa shape index (κ1) is 13.5. The SMILES string of the molecule is C[C@H](N)C(=O)NCCOC1CCCCCC1. The Morgan fingerprint density at radius 1 is 1.38 bits per heavy atom. The average Bonchev–Trinajstić information content (AvgIpc) is 2.52. The van der Waals surface area contributed by atoms with Gasteiger partial charge in [0.25, 0.3) is 0 Å². The Balaban J connectivity index is 2.03. The molecule has 0 unspecified atom stereocenters. The van der Waals surface area contributed by atoms with Crippen LogP contribution in [0.15, 0.2) is 0 Å². The summed E-state index contributed by atoms with van der Waals surface area (Å²) in [6.45, 7) is 2.85. The van der Waals surface area contributed by atoms with Gasteiger partial charge >= 0.3 is 0 Å². The first-order valence-corrected chi connectivity index (χ1v) is 6.35. The second kappa shape index (κ2) is 7.63. The minimum atomic E-state index is -0.433. The molecule has 0 radical (unpaired) electrons. The fourth-order valence-electron chi connectivity index (χ4n) is 1.97. The van der Waals surface area contributed by atoms with Gasteiger partial charge in [0.2, 0.25) is 5.91 Å². The number of hydrogen-bond donors (Lipinski definition) is 2. The van der Waals surface area contributed by atoms with Gasteiger partial charge in [-0.25, -0.2) is 0 Å². The molecule has 0 aliphatic heterocycles. The predicted octanol–water partition coefficient (Wildman–Crippen LogP) is 1.19. The molecule has 0 aromatic carbocycles. The van der Waals surface area contributed by atoms with Crippen LogP contribution in [0.1, 0.15) is 45.4 Å². The molecule has 3 N–H and O–H groups in total. The Bertz CT molecular complexity index is 199. The van der Waals surface area contributed by atoms with Crippen LogP contribution in [-0.4, -0.2) is 31.2 Å². The van der Waals surface area contributed by atoms with Crippen molar-refractivity contribution in [1.82, 2.24) is 5.32 Å². The van der Waals surface area contributed by atoms with E-state index < -0.39 is 6.04 Å². The molecule has 1 rings (SSSR count). The molecule has 1 saturated carbocycles. The van der Waals surface area contributed by atoms with Crippen molar-refractivity contribution in [2.75, 3.05) is 13.2 Å². The average molecular weight is 228 g/mol. The van der Waals surface area contributed by atoms with Crippen LogP contribution in [-0.2, 0) is 9.53 Å². The summed E-state index contributed by atoms with van der Waals surface area (Å²) in [6, 6.07) is -0.433. The summed E-state index contributed by atoms with van der Waals surface area (Å²) in [5, 5.41) is 2.75. The maximum atomic E-state index is 11.2. The van der Waals surface area contributed by atoms with Crippen LogP contribution in [0.25, 0.3) is 0 Å². The van der Waals surface area contributed by atoms with E-state index in [1.807, 2.05) is 0 Å². The van der Waals surface area contributed by atoms with E-state index in [1.54, 1.807) is 6.92 Å². The van der Waals surface area contributed by atoms with Crippen LogP contribution in [0, 0.1) is 0 Å². The van der Waals surface area contributed by atoms with E-state index in [2.05, 4.69) is 5.32 Å². The number of amides is 1. The Kier molecular flexibility index (Phi) is 6.42. The third-order valence-corrected chi connectivity index (χ3v) is 2.97. The highest BCUT2D eigenvalue weighted by atomic mass is 16.5. The lowest BCUT2D eigenvalue weighted by molar-refractivity contribution is -0.122. The summed E-state index contributed by atoms with van der Waals surface area (Å²) in [4.78, 5) is 11.2. The molecule has 1 atom stereocenters. The minimum absolute atomic E-state index is 0.107. The van der Waals surface area contributed by atoms with E-state index in [1.165, 1.54) is 38.5 Å². The number of rotatable bonds is 5. The summed E-state index contributed by atoms with van der Waals surface area (Å²) in [5.41, 5.74) is 5.43. The van der Waals surface area contributed by atoms with E-state index in [4.69, 9.17) is 10.5 Å². The van der Waals surface area contributed by atoms with Crippen molar-refractivity contribution in [2.24, 2.45) is 5.73 Å². The summed E-state index contributed by atoms with van der Waals surface area (Å²) < 4.78 is 5.74. The van der Waals surface area contributed by atoms with Crippen molar-refractivity contribution in [1.29, 1.82) is 0 Å². The smallest absolute Gasteiger partial charge is 0.236 e. The van der Waals surface area contributed by atoms with Crippen LogP contribution in [0.5, 0.6) is 0 Å². The topological polar surface area (TPSA) is 64.4 Å². The molecule has 0 heterocycles. The maximum Gasteiger partial charge on any atom is 0.236 e. The molecule has 0 aromatic heterocycles. The van der Waals surface area contributed by atoms with E-state index in [9.17, 15) is 4.79 Å². The van der Waals surface area contributed by atoms with Gasteiger partial charge in [-0.3, -0.25) is 4.79 Å². The molecule has 0 aromatic rings. The molecule has 0 spiro atoms. The summed E-state index contributed by atoms with van der Waals surface area (Å²) in [7, 11) is 0. The van der Waals surface area contributed by atoms with Gasteiger partial charge in [0.1, 0.15) is 0 Å². The Morgan fingerprint density at radius 2 is 2.00 bits per heavy atom. The highest BCUT2D eigenvalue weighted by Gasteiger charge is 2.12. The molecule has 16 heavy (non-hydrogen) atoms. The molecule has 1 aliphatic carbocycles. The molecule has 1 aliphatic rings. The lowest BCUT2D eigenvalue weighted by Crippen LogP contribution is -2.40. The van der Waals surface area contributed by atoms with Crippen LogP contribution >= 0.6 is 0 Å². The standard InChI is InChI=1S/C12H24N2O2/c1-10(13)12(15)14-8-9-16-11-6-4-2-3-5-7-11/h10-11H,2-9,13H2,1H3,(H,14,15)/t10-/m0/s1. The summed E-state index contributed by atoms with van der Waals surface area (Å²) in [6.07, 6.45) is 7.95. The molecule has 1 amide bonds. The first-order valence-electron chi connectivity index (χ1n) is 6.35. The maximum absolute atomic E-state index is 11.2. The Morgan fingerprint density at radius 3 is 2.56 bits per heavy atom. The Labute approximate surface area is 97.9 Å². The Hall–Kier alpha value is -0.610. The monoisotopic (exact) mass is 228 g/mol. The van der Waals surface area contributed by atoms with E-state index in [0.717, 1.165) is 0 Å². The van der Waals surface area contributed by atoms with Crippen molar-refractivity contribution >= 4 is 5.91 Å². The largest absolute Gasteiger partial charge is 0.376 e. The number of nitrogens with two attached hydrogens (primary N) is 1. The molecule has 0 bridgehead atoms. The highest BCUT2D eigenvalue weighted by Crippen LogP contribution is 2.19. The van der Waals surface area contributed by atoms with Crippen LogP contribution < -0.4 is 11.1 Å². The lowest BCUT2D eigenvalue weighted by atomic mass is 10.1. The fourth-order valence-corrected chi connectivity index (χ4v) is 1.97. The van der Waals surface area contributed by atoms with Crippen molar-refractivity contribution < 1.29 is 9.53 Å². The van der Waals surface area contributed by atoms with E-state index in [0.29, 0.717) is 19.3 Å². The third kappa shape index (κ3) is 5.47. The summed E-state index contributed by atoms with van der Waals surface area (Å²) in [5.74, 6) is -0.107. The predicted molar refractivity (Wildman–Crippen MR) is 64.1 cm³/mol. The van der Waals surface area contributed by atoms with Gasteiger partial charge in [-0.1, -0.05) is 25.7 Å². The zero-order chi connectivity index (χ0) is 11.8. The molecule has 1 fully saturated rings. The number of carbonyl (C=O) groups is 1.